The van der Waals surface area contributed by atoms with Crippen LogP contribution in [0, 0.1) is 10.1 Å². The Kier molecular flexibility index (Phi) is 6.07. The molecule has 29 heavy (non-hydrogen) atoms. The molecule has 2 aromatic carbocycles. The Balaban J connectivity index is 1.93. The molecule has 0 radical (unpaired) electrons. The highest BCUT2D eigenvalue weighted by molar-refractivity contribution is 7.60. The number of nitro benzene ring substituents is 1. The summed E-state index contributed by atoms with van der Waals surface area (Å²) < 4.78 is 13.7. The molecule has 3 rings (SSSR count). The van der Waals surface area contributed by atoms with Gasteiger partial charge in [0.25, 0.3) is 5.69 Å². The zero-order chi connectivity index (χ0) is 21.0. The van der Waals surface area contributed by atoms with Gasteiger partial charge in [0.2, 0.25) is 13.5 Å². The first-order chi connectivity index (χ1) is 13.8. The summed E-state index contributed by atoms with van der Waals surface area (Å²) in [5.74, 6) is 0.970. The van der Waals surface area contributed by atoms with Crippen molar-refractivity contribution in [1.82, 2.24) is 14.8 Å². The lowest BCUT2D eigenvalue weighted by molar-refractivity contribution is -0.384. The lowest BCUT2D eigenvalue weighted by Crippen LogP contribution is -2.33. The molecule has 0 saturated heterocycles. The minimum atomic E-state index is -2.40. The topological polar surface area (TPSA) is 111 Å². The third kappa shape index (κ3) is 4.51. The molecule has 10 nitrogen and oxygen atoms in total. The van der Waals surface area contributed by atoms with Crippen molar-refractivity contribution in [1.29, 1.82) is 0 Å². The quantitative estimate of drug-likeness (QED) is 0.426. The predicted molar refractivity (Wildman–Crippen MR) is 117 cm³/mol. The summed E-state index contributed by atoms with van der Waals surface area (Å²) in [7, 11) is 5.37. The number of rotatable bonds is 6. The fourth-order valence-corrected chi connectivity index (χ4v) is 4.93. The Labute approximate surface area is 169 Å². The van der Waals surface area contributed by atoms with Gasteiger partial charge in [-0.25, -0.2) is 9.34 Å². The van der Waals surface area contributed by atoms with Crippen LogP contribution < -0.4 is 10.9 Å². The molecule has 152 valence electrons. The Morgan fingerprint density at radius 1 is 0.931 bits per heavy atom. The summed E-state index contributed by atoms with van der Waals surface area (Å²) in [4.78, 5) is 14.9. The lowest BCUT2D eigenvalue weighted by Gasteiger charge is -2.34. The number of aliphatic imine (C=N–C) groups is 1. The van der Waals surface area contributed by atoms with Gasteiger partial charge in [0.15, 0.2) is 5.84 Å². The van der Waals surface area contributed by atoms with Crippen molar-refractivity contribution in [2.24, 2.45) is 14.5 Å². The second-order valence-electron chi connectivity index (χ2n) is 6.61. The summed E-state index contributed by atoms with van der Waals surface area (Å²) in [6.07, 6.45) is 0. The van der Waals surface area contributed by atoms with E-state index in [2.05, 4.69) is 15.8 Å². The van der Waals surface area contributed by atoms with Gasteiger partial charge < -0.3 is 0 Å². The van der Waals surface area contributed by atoms with Crippen molar-refractivity contribution in [3.05, 3.63) is 70.3 Å². The SMILES string of the molecule is CN(C)P1(N(C)C)=NC(NNc2ccc([N+](=O)[O-])cc2)=NC(c2ccccc2)=N1. The zero-order valence-electron chi connectivity index (χ0n) is 16.6. The van der Waals surface area contributed by atoms with Gasteiger partial charge in [-0.1, -0.05) is 30.3 Å². The Morgan fingerprint density at radius 2 is 1.55 bits per heavy atom. The molecule has 0 aromatic heterocycles. The van der Waals surface area contributed by atoms with E-state index in [1.54, 1.807) is 12.1 Å². The van der Waals surface area contributed by atoms with Crippen molar-refractivity contribution in [2.45, 2.75) is 0 Å². The van der Waals surface area contributed by atoms with Crippen molar-refractivity contribution >= 4 is 30.7 Å². The van der Waals surface area contributed by atoms with Crippen LogP contribution in [0.25, 0.3) is 0 Å². The van der Waals surface area contributed by atoms with Crippen molar-refractivity contribution in [3.63, 3.8) is 0 Å². The molecule has 11 heteroatoms. The smallest absolute Gasteiger partial charge is 0.269 e. The Bertz CT molecular complexity index is 988. The van der Waals surface area contributed by atoms with E-state index >= 15 is 0 Å². The van der Waals surface area contributed by atoms with Gasteiger partial charge in [0.1, 0.15) is 0 Å². The number of non-ortho nitro benzene ring substituents is 1. The summed E-state index contributed by atoms with van der Waals surface area (Å²) in [5, 5.41) is 10.8. The highest BCUT2D eigenvalue weighted by Crippen LogP contribution is 2.56. The summed E-state index contributed by atoms with van der Waals surface area (Å²) in [6.45, 7) is 0. The van der Waals surface area contributed by atoms with Crippen LogP contribution in [0.3, 0.4) is 0 Å². The average molecular weight is 414 g/mol. The van der Waals surface area contributed by atoms with E-state index in [4.69, 9.17) is 9.51 Å². The van der Waals surface area contributed by atoms with Crippen LogP contribution in [0.4, 0.5) is 11.4 Å². The number of nitro groups is 1. The van der Waals surface area contributed by atoms with Crippen LogP contribution in [-0.4, -0.2) is 54.3 Å². The molecule has 0 unspecified atom stereocenters. The summed E-state index contributed by atoms with van der Waals surface area (Å²) in [5.41, 5.74) is 7.57. The third-order valence-electron chi connectivity index (χ3n) is 4.17. The van der Waals surface area contributed by atoms with Gasteiger partial charge in [-0.05, 0) is 40.3 Å². The molecule has 1 aliphatic rings. The molecule has 0 atom stereocenters. The number of hydrazine groups is 1. The third-order valence-corrected chi connectivity index (χ3v) is 7.23. The second kappa shape index (κ2) is 8.52. The number of amidine groups is 1. The molecular weight excluding hydrogens is 391 g/mol. The monoisotopic (exact) mass is 414 g/mol. The number of guanidine groups is 1. The maximum Gasteiger partial charge on any atom is 0.269 e. The maximum absolute atomic E-state index is 10.8. The van der Waals surface area contributed by atoms with Gasteiger partial charge >= 0.3 is 0 Å². The Hall–Kier alpha value is -3.07. The largest absolute Gasteiger partial charge is 0.298 e. The highest BCUT2D eigenvalue weighted by Gasteiger charge is 2.30. The minimum Gasteiger partial charge on any atom is -0.298 e. The van der Waals surface area contributed by atoms with Crippen molar-refractivity contribution in [3.8, 4) is 0 Å². The average Bonchev–Trinajstić information content (AvgIpc) is 2.72. The summed E-state index contributed by atoms with van der Waals surface area (Å²) in [6, 6.07) is 15.8. The Morgan fingerprint density at radius 3 is 2.10 bits per heavy atom. The van der Waals surface area contributed by atoms with E-state index in [9.17, 15) is 10.1 Å². The van der Waals surface area contributed by atoms with Crippen LogP contribution in [-0.2, 0) is 0 Å². The normalized spacial score (nSPS) is 15.4. The maximum atomic E-state index is 10.8. The minimum absolute atomic E-state index is 0.0268. The van der Waals surface area contributed by atoms with E-state index in [1.165, 1.54) is 12.1 Å². The fraction of sp³-hybridized carbons (Fsp3) is 0.222. The van der Waals surface area contributed by atoms with Gasteiger partial charge in [-0.2, -0.15) is 14.5 Å². The van der Waals surface area contributed by atoms with E-state index in [0.29, 0.717) is 17.5 Å². The fourth-order valence-electron chi connectivity index (χ4n) is 2.69. The number of hydrogen-bond donors (Lipinski definition) is 2. The van der Waals surface area contributed by atoms with Gasteiger partial charge in [-0.3, -0.25) is 21.0 Å². The molecule has 0 bridgehead atoms. The number of benzene rings is 2. The molecule has 2 aromatic rings. The van der Waals surface area contributed by atoms with Crippen LogP contribution in [0.15, 0.2) is 69.1 Å². The molecular formula is C18H23N8O2P. The first kappa shape index (κ1) is 20.7. The molecule has 1 heterocycles. The summed E-state index contributed by atoms with van der Waals surface area (Å²) >= 11 is 0. The second-order valence-corrected chi connectivity index (χ2v) is 9.68. The molecule has 2 N–H and O–H groups in total. The number of anilines is 1. The van der Waals surface area contributed by atoms with E-state index in [-0.39, 0.29) is 5.69 Å². The van der Waals surface area contributed by atoms with Gasteiger partial charge in [0, 0.05) is 17.7 Å². The van der Waals surface area contributed by atoms with Gasteiger partial charge in [0.05, 0.1) is 10.6 Å². The number of nitrogens with one attached hydrogen (secondary N) is 2. The standard InChI is InChI=1S/C18H23N8O2P/c1-24(2)29(25(3)4)22-17(14-8-6-5-7-9-14)19-18(23-29)21-20-15-10-12-16(13-11-15)26(27)28/h5-13,20H,1-4H3,(H,19,21,22). The van der Waals surface area contributed by atoms with Crippen molar-refractivity contribution in [2.75, 3.05) is 33.6 Å². The van der Waals surface area contributed by atoms with E-state index < -0.39 is 12.4 Å². The first-order valence-corrected chi connectivity index (χ1v) is 10.4. The van der Waals surface area contributed by atoms with Crippen LogP contribution in [0.1, 0.15) is 5.56 Å². The lowest BCUT2D eigenvalue weighted by atomic mass is 10.2. The molecule has 0 fully saturated rings. The number of nitrogens with zero attached hydrogens (tertiary/aromatic N) is 6. The van der Waals surface area contributed by atoms with E-state index in [1.807, 2.05) is 67.9 Å². The van der Waals surface area contributed by atoms with Crippen LogP contribution in [0.5, 0.6) is 0 Å². The molecule has 1 aliphatic heterocycles. The predicted octanol–water partition coefficient (Wildman–Crippen LogP) is 3.40. The van der Waals surface area contributed by atoms with Crippen molar-refractivity contribution < 1.29 is 4.92 Å². The van der Waals surface area contributed by atoms with Crippen LogP contribution >= 0.6 is 7.51 Å². The van der Waals surface area contributed by atoms with E-state index in [0.717, 1.165) is 5.56 Å². The van der Waals surface area contributed by atoms with Gasteiger partial charge in [-0.15, -0.1) is 0 Å². The zero-order valence-corrected chi connectivity index (χ0v) is 17.5. The highest BCUT2D eigenvalue weighted by atomic mass is 31.2. The first-order valence-electron chi connectivity index (χ1n) is 8.80. The van der Waals surface area contributed by atoms with Crippen LogP contribution in [0.2, 0.25) is 0 Å². The molecule has 0 spiro atoms. The molecule has 0 amide bonds. The molecule has 0 saturated carbocycles. The number of hydrogen-bond acceptors (Lipinski definition) is 9. The molecule has 0 aliphatic carbocycles.